The molecule has 1 atom stereocenters. The predicted octanol–water partition coefficient (Wildman–Crippen LogP) is 5.27. The highest BCUT2D eigenvalue weighted by atomic mass is 19.3. The van der Waals surface area contributed by atoms with E-state index in [9.17, 15) is 8.78 Å². The number of halogens is 2. The second-order valence-corrected chi connectivity index (χ2v) is 8.61. The number of fused-ring (bicyclic) bond motifs is 2. The van der Waals surface area contributed by atoms with Gasteiger partial charge in [-0.25, -0.2) is 13.8 Å². The van der Waals surface area contributed by atoms with Crippen LogP contribution < -0.4 is 10.2 Å². The Balaban J connectivity index is 1.58. The number of aryl methyl sites for hydroxylation is 3. The van der Waals surface area contributed by atoms with Gasteiger partial charge in [0, 0.05) is 55.3 Å². The van der Waals surface area contributed by atoms with Crippen LogP contribution in [0.25, 0.3) is 11.1 Å². The zero-order valence-electron chi connectivity index (χ0n) is 18.4. The Labute approximate surface area is 186 Å². The van der Waals surface area contributed by atoms with Crippen molar-refractivity contribution in [2.45, 2.75) is 38.0 Å². The average Bonchev–Trinajstić information content (AvgIpc) is 3.43. The van der Waals surface area contributed by atoms with E-state index in [-0.39, 0.29) is 11.5 Å². The first kappa shape index (κ1) is 20.7. The summed E-state index contributed by atoms with van der Waals surface area (Å²) >= 11 is 0. The molecule has 3 aromatic rings. The van der Waals surface area contributed by atoms with Crippen LogP contribution in [0.1, 0.15) is 47.6 Å². The predicted molar refractivity (Wildman–Crippen MR) is 122 cm³/mol. The molecule has 1 aliphatic heterocycles. The molecule has 5 rings (SSSR count). The Morgan fingerprint density at radius 1 is 1.22 bits per heavy atom. The van der Waals surface area contributed by atoms with E-state index in [1.165, 1.54) is 5.56 Å². The molecule has 0 fully saturated rings. The molecule has 1 N–H and O–H groups in total. The number of hydrogen-bond donors (Lipinski definition) is 1. The highest BCUT2D eigenvalue weighted by Gasteiger charge is 2.29. The van der Waals surface area contributed by atoms with Gasteiger partial charge in [0.1, 0.15) is 5.82 Å². The monoisotopic (exact) mass is 435 g/mol. The zero-order valence-corrected chi connectivity index (χ0v) is 18.4. The SMILES string of the molecule is C=C(NC)C1CCc2ccc(N3CCCc4cc(-c5cnn(C)c5)c(C(F)F)cc43)nc21. The fourth-order valence-electron chi connectivity index (χ4n) is 4.98. The molecule has 0 saturated carbocycles. The summed E-state index contributed by atoms with van der Waals surface area (Å²) in [6.07, 6.45) is 4.62. The third-order valence-electron chi connectivity index (χ3n) is 6.67. The normalized spacial score (nSPS) is 17.4. The Kier molecular flexibility index (Phi) is 5.19. The Hall–Kier alpha value is -3.22. The highest BCUT2D eigenvalue weighted by molar-refractivity contribution is 5.76. The topological polar surface area (TPSA) is 46.0 Å². The van der Waals surface area contributed by atoms with Gasteiger partial charge in [0.05, 0.1) is 11.9 Å². The third-order valence-corrected chi connectivity index (χ3v) is 6.67. The molecule has 0 amide bonds. The zero-order chi connectivity index (χ0) is 22.4. The molecular formula is C25H27F2N5. The first-order chi connectivity index (χ1) is 15.5. The summed E-state index contributed by atoms with van der Waals surface area (Å²) < 4.78 is 29.8. The lowest BCUT2D eigenvalue weighted by Crippen LogP contribution is -2.26. The van der Waals surface area contributed by atoms with Crippen LogP contribution in [0.2, 0.25) is 0 Å². The lowest BCUT2D eigenvalue weighted by atomic mass is 9.93. The summed E-state index contributed by atoms with van der Waals surface area (Å²) in [5, 5.41) is 7.34. The number of likely N-dealkylation sites (N-methyl/N-ethyl adjacent to an activating group) is 1. The maximum absolute atomic E-state index is 14.1. The van der Waals surface area contributed by atoms with Crippen LogP contribution in [0.15, 0.2) is 48.9 Å². The average molecular weight is 436 g/mol. The smallest absolute Gasteiger partial charge is 0.264 e. The molecule has 0 bridgehead atoms. The number of nitrogens with one attached hydrogen (secondary N) is 1. The quantitative estimate of drug-likeness (QED) is 0.593. The van der Waals surface area contributed by atoms with Crippen LogP contribution in [-0.4, -0.2) is 28.4 Å². The number of alkyl halides is 2. The minimum absolute atomic E-state index is 0.0336. The van der Waals surface area contributed by atoms with Crippen LogP contribution in [0.4, 0.5) is 20.3 Å². The fraction of sp³-hybridized carbons (Fsp3) is 0.360. The van der Waals surface area contributed by atoms with Gasteiger partial charge in [-0.2, -0.15) is 5.10 Å². The van der Waals surface area contributed by atoms with Crippen LogP contribution in [-0.2, 0) is 19.9 Å². The first-order valence-electron chi connectivity index (χ1n) is 11.0. The van der Waals surface area contributed by atoms with Crippen molar-refractivity contribution in [1.29, 1.82) is 0 Å². The van der Waals surface area contributed by atoms with Crippen LogP contribution in [0, 0.1) is 0 Å². The molecule has 3 heterocycles. The van der Waals surface area contributed by atoms with Gasteiger partial charge in [0.15, 0.2) is 0 Å². The van der Waals surface area contributed by atoms with Crippen LogP contribution >= 0.6 is 0 Å². The standard InChI is InChI=1S/C25H27F2N5/c1-15(28-2)19-8-6-16-7-9-23(30-24(16)19)32-10-4-5-17-11-20(18-13-29-31(3)14-18)21(25(26)27)12-22(17)32/h7,9,11-14,19,25,28H,1,4-6,8,10H2,2-3H3. The van der Waals surface area contributed by atoms with Crippen molar-refractivity contribution in [3.05, 3.63) is 71.3 Å². The lowest BCUT2D eigenvalue weighted by molar-refractivity contribution is 0.152. The molecule has 5 nitrogen and oxygen atoms in total. The molecule has 1 aliphatic carbocycles. The molecule has 7 heteroatoms. The number of aromatic nitrogens is 3. The Morgan fingerprint density at radius 3 is 2.78 bits per heavy atom. The molecule has 32 heavy (non-hydrogen) atoms. The second kappa shape index (κ2) is 8.04. The van der Waals surface area contributed by atoms with E-state index >= 15 is 0 Å². The maximum Gasteiger partial charge on any atom is 0.264 e. The number of pyridine rings is 1. The summed E-state index contributed by atoms with van der Waals surface area (Å²) in [5.41, 5.74) is 6.46. The number of hydrogen-bond acceptors (Lipinski definition) is 4. The van der Waals surface area contributed by atoms with E-state index in [1.54, 1.807) is 30.2 Å². The second-order valence-electron chi connectivity index (χ2n) is 8.61. The molecule has 1 aromatic carbocycles. The van der Waals surface area contributed by atoms with Crippen molar-refractivity contribution in [2.24, 2.45) is 7.05 Å². The third kappa shape index (κ3) is 3.45. The molecule has 0 saturated heterocycles. The van der Waals surface area contributed by atoms with Crippen molar-refractivity contribution < 1.29 is 8.78 Å². The van der Waals surface area contributed by atoms with Crippen molar-refractivity contribution in [3.8, 4) is 11.1 Å². The molecule has 1 unspecified atom stereocenters. The highest BCUT2D eigenvalue weighted by Crippen LogP contribution is 2.42. The van der Waals surface area contributed by atoms with E-state index in [2.05, 4.69) is 28.0 Å². The number of allylic oxidation sites excluding steroid dienone is 1. The van der Waals surface area contributed by atoms with E-state index < -0.39 is 6.43 Å². The fourth-order valence-corrected chi connectivity index (χ4v) is 4.98. The van der Waals surface area contributed by atoms with Gasteiger partial charge in [0.25, 0.3) is 6.43 Å². The lowest BCUT2D eigenvalue weighted by Gasteiger charge is -2.32. The van der Waals surface area contributed by atoms with Crippen LogP contribution in [0.5, 0.6) is 0 Å². The number of rotatable bonds is 5. The summed E-state index contributed by atoms with van der Waals surface area (Å²) in [4.78, 5) is 7.10. The first-order valence-corrected chi connectivity index (χ1v) is 11.0. The Morgan fingerprint density at radius 2 is 2.06 bits per heavy atom. The van der Waals surface area contributed by atoms with E-state index in [4.69, 9.17) is 4.98 Å². The molecule has 2 aliphatic rings. The van der Waals surface area contributed by atoms with Gasteiger partial charge in [0.2, 0.25) is 0 Å². The largest absolute Gasteiger partial charge is 0.391 e. The summed E-state index contributed by atoms with van der Waals surface area (Å²) in [6, 6.07) is 7.72. The molecule has 0 spiro atoms. The van der Waals surface area contributed by atoms with E-state index in [1.807, 2.05) is 19.2 Å². The van der Waals surface area contributed by atoms with Gasteiger partial charge in [-0.1, -0.05) is 12.6 Å². The van der Waals surface area contributed by atoms with Crippen LogP contribution in [0.3, 0.4) is 0 Å². The number of nitrogens with zero attached hydrogens (tertiary/aromatic N) is 4. The molecule has 0 radical (unpaired) electrons. The van der Waals surface area contributed by atoms with Gasteiger partial charge in [-0.05, 0) is 60.6 Å². The van der Waals surface area contributed by atoms with Gasteiger partial charge >= 0.3 is 0 Å². The maximum atomic E-state index is 14.1. The molecular weight excluding hydrogens is 408 g/mol. The van der Waals surface area contributed by atoms with Gasteiger partial charge in [-0.15, -0.1) is 0 Å². The number of benzene rings is 1. The van der Waals surface area contributed by atoms with Gasteiger partial charge in [-0.3, -0.25) is 4.68 Å². The summed E-state index contributed by atoms with van der Waals surface area (Å²) in [7, 11) is 3.68. The van der Waals surface area contributed by atoms with Crippen molar-refractivity contribution in [2.75, 3.05) is 18.5 Å². The van der Waals surface area contributed by atoms with E-state index in [0.717, 1.165) is 60.7 Å². The van der Waals surface area contributed by atoms with Crippen molar-refractivity contribution in [3.63, 3.8) is 0 Å². The minimum Gasteiger partial charge on any atom is -0.391 e. The summed E-state index contributed by atoms with van der Waals surface area (Å²) in [6.45, 7) is 4.90. The summed E-state index contributed by atoms with van der Waals surface area (Å²) in [5.74, 6) is 0.999. The molecule has 166 valence electrons. The van der Waals surface area contributed by atoms with Crippen molar-refractivity contribution in [1.82, 2.24) is 20.1 Å². The Bertz CT molecular complexity index is 1180. The number of anilines is 2. The molecule has 2 aromatic heterocycles. The van der Waals surface area contributed by atoms with E-state index in [0.29, 0.717) is 11.1 Å². The van der Waals surface area contributed by atoms with Crippen molar-refractivity contribution >= 4 is 11.5 Å². The minimum atomic E-state index is -2.57. The van der Waals surface area contributed by atoms with Gasteiger partial charge < -0.3 is 10.2 Å².